The second-order valence-corrected chi connectivity index (χ2v) is 3.75. The van der Waals surface area contributed by atoms with E-state index in [1.54, 1.807) is 6.07 Å². The van der Waals surface area contributed by atoms with Gasteiger partial charge in [0.1, 0.15) is 6.54 Å². The predicted molar refractivity (Wildman–Crippen MR) is 63.0 cm³/mol. The summed E-state index contributed by atoms with van der Waals surface area (Å²) in [6.07, 6.45) is 0. The molecule has 6 heteroatoms. The van der Waals surface area contributed by atoms with E-state index in [1.165, 1.54) is 7.11 Å². The first kappa shape index (κ1) is 12.1. The van der Waals surface area contributed by atoms with E-state index in [4.69, 9.17) is 0 Å². The van der Waals surface area contributed by atoms with Gasteiger partial charge in [-0.1, -0.05) is 29.4 Å². The summed E-state index contributed by atoms with van der Waals surface area (Å²) in [5, 5.41) is 3.70. The van der Waals surface area contributed by atoms with Crippen molar-refractivity contribution in [2.75, 3.05) is 7.11 Å². The summed E-state index contributed by atoms with van der Waals surface area (Å²) in [6, 6.07) is 7.39. The van der Waals surface area contributed by atoms with E-state index in [-0.39, 0.29) is 6.54 Å². The average Bonchev–Trinajstić information content (AvgIpc) is 2.72. The van der Waals surface area contributed by atoms with Crippen molar-refractivity contribution >= 4 is 5.97 Å². The summed E-state index contributed by atoms with van der Waals surface area (Å²) in [6.45, 7) is 1.67. The average molecular weight is 248 g/mol. The molecule has 1 aromatic carbocycles. The minimum absolute atomic E-state index is 0.220. The number of aromatic nitrogens is 2. The number of esters is 1. The van der Waals surface area contributed by atoms with Gasteiger partial charge in [0.25, 0.3) is 0 Å². The van der Waals surface area contributed by atoms with Crippen molar-refractivity contribution in [2.24, 2.45) is 0 Å². The Morgan fingerprint density at radius 2 is 2.17 bits per heavy atom. The molecular formula is C12H12N2O4. The molecule has 0 radical (unpaired) electrons. The van der Waals surface area contributed by atoms with Gasteiger partial charge in [-0.05, 0) is 12.5 Å². The second-order valence-electron chi connectivity index (χ2n) is 3.75. The van der Waals surface area contributed by atoms with Gasteiger partial charge in [-0.15, -0.1) is 0 Å². The molecule has 2 aromatic rings. The normalized spacial score (nSPS) is 10.3. The summed E-state index contributed by atoms with van der Waals surface area (Å²) in [4.78, 5) is 22.8. The van der Waals surface area contributed by atoms with Crippen LogP contribution in [0.5, 0.6) is 0 Å². The number of hydrogen-bond donors (Lipinski definition) is 0. The molecule has 0 aliphatic rings. The fourth-order valence-electron chi connectivity index (χ4n) is 1.62. The first-order chi connectivity index (χ1) is 8.63. The SMILES string of the molecule is COC(=O)Cn1c(-c2ccccc2C)noc1=O. The van der Waals surface area contributed by atoms with Gasteiger partial charge >= 0.3 is 11.7 Å². The molecule has 6 nitrogen and oxygen atoms in total. The minimum atomic E-state index is -0.682. The van der Waals surface area contributed by atoms with Gasteiger partial charge in [0.05, 0.1) is 7.11 Å². The van der Waals surface area contributed by atoms with E-state index in [0.29, 0.717) is 5.82 Å². The zero-order chi connectivity index (χ0) is 13.1. The van der Waals surface area contributed by atoms with Crippen molar-refractivity contribution in [3.05, 3.63) is 40.4 Å². The number of rotatable bonds is 3. The van der Waals surface area contributed by atoms with Crippen molar-refractivity contribution in [2.45, 2.75) is 13.5 Å². The van der Waals surface area contributed by atoms with Crippen molar-refractivity contribution in [3.8, 4) is 11.4 Å². The molecule has 0 bridgehead atoms. The van der Waals surface area contributed by atoms with Crippen LogP contribution in [0.15, 0.2) is 33.6 Å². The number of hydrogen-bond acceptors (Lipinski definition) is 5. The van der Waals surface area contributed by atoms with E-state index < -0.39 is 11.7 Å². The number of aryl methyl sites for hydroxylation is 1. The maximum absolute atomic E-state index is 11.5. The zero-order valence-electron chi connectivity index (χ0n) is 10.0. The molecule has 0 spiro atoms. The predicted octanol–water partition coefficient (Wildman–Crippen LogP) is 0.985. The number of methoxy groups -OCH3 is 1. The Balaban J connectivity index is 2.50. The lowest BCUT2D eigenvalue weighted by Gasteiger charge is -2.05. The number of nitrogens with zero attached hydrogens (tertiary/aromatic N) is 2. The first-order valence-corrected chi connectivity index (χ1v) is 5.33. The van der Waals surface area contributed by atoms with E-state index in [1.807, 2.05) is 25.1 Å². The van der Waals surface area contributed by atoms with Gasteiger partial charge in [0.2, 0.25) is 0 Å². The maximum atomic E-state index is 11.5. The summed E-state index contributed by atoms with van der Waals surface area (Å²) >= 11 is 0. The number of benzene rings is 1. The molecule has 0 amide bonds. The highest BCUT2D eigenvalue weighted by Crippen LogP contribution is 2.19. The maximum Gasteiger partial charge on any atom is 0.442 e. The van der Waals surface area contributed by atoms with Crippen LogP contribution in [0.25, 0.3) is 11.4 Å². The Labute approximate surface area is 103 Å². The van der Waals surface area contributed by atoms with E-state index in [2.05, 4.69) is 14.4 Å². The first-order valence-electron chi connectivity index (χ1n) is 5.33. The van der Waals surface area contributed by atoms with Gasteiger partial charge in [-0.25, -0.2) is 9.36 Å². The van der Waals surface area contributed by atoms with Crippen LogP contribution in [0.4, 0.5) is 0 Å². The molecule has 0 aliphatic heterocycles. The Hall–Kier alpha value is -2.37. The fourth-order valence-corrected chi connectivity index (χ4v) is 1.62. The number of carbonyl (C=O) groups excluding carboxylic acids is 1. The monoisotopic (exact) mass is 248 g/mol. The molecule has 0 saturated heterocycles. The summed E-state index contributed by atoms with van der Waals surface area (Å²) in [5.41, 5.74) is 1.68. The minimum Gasteiger partial charge on any atom is -0.468 e. The van der Waals surface area contributed by atoms with Crippen LogP contribution < -0.4 is 5.76 Å². The zero-order valence-corrected chi connectivity index (χ0v) is 10.0. The van der Waals surface area contributed by atoms with Crippen LogP contribution in [-0.2, 0) is 16.1 Å². The van der Waals surface area contributed by atoms with Crippen molar-refractivity contribution < 1.29 is 14.1 Å². The van der Waals surface area contributed by atoms with Crippen LogP contribution in [0.3, 0.4) is 0 Å². The highest BCUT2D eigenvalue weighted by Gasteiger charge is 2.16. The standard InChI is InChI=1S/C12H12N2O4/c1-8-5-3-4-6-9(8)11-13-18-12(16)14(11)7-10(15)17-2/h3-6H,7H2,1-2H3. The molecule has 0 unspecified atom stereocenters. The molecule has 0 aliphatic carbocycles. The molecule has 0 atom stereocenters. The smallest absolute Gasteiger partial charge is 0.442 e. The number of carbonyl (C=O) groups is 1. The molecule has 18 heavy (non-hydrogen) atoms. The molecule has 0 fully saturated rings. The lowest BCUT2D eigenvalue weighted by atomic mass is 10.1. The van der Waals surface area contributed by atoms with Crippen LogP contribution in [0, 0.1) is 6.92 Å². The van der Waals surface area contributed by atoms with Gasteiger partial charge in [-0.3, -0.25) is 9.32 Å². The second kappa shape index (κ2) is 4.87. The molecular weight excluding hydrogens is 236 g/mol. The van der Waals surface area contributed by atoms with Crippen LogP contribution in [0.2, 0.25) is 0 Å². The van der Waals surface area contributed by atoms with Crippen LogP contribution in [-0.4, -0.2) is 22.8 Å². The molecule has 1 heterocycles. The van der Waals surface area contributed by atoms with Crippen molar-refractivity contribution in [3.63, 3.8) is 0 Å². The molecule has 2 rings (SSSR count). The highest BCUT2D eigenvalue weighted by molar-refractivity contribution is 5.70. The third-order valence-corrected chi connectivity index (χ3v) is 2.59. The third-order valence-electron chi connectivity index (χ3n) is 2.59. The summed E-state index contributed by atoms with van der Waals surface area (Å²) in [7, 11) is 1.26. The summed E-state index contributed by atoms with van der Waals surface area (Å²) < 4.78 is 10.3. The van der Waals surface area contributed by atoms with E-state index in [9.17, 15) is 9.59 Å². The Morgan fingerprint density at radius 3 is 2.83 bits per heavy atom. The Morgan fingerprint density at radius 1 is 1.44 bits per heavy atom. The third kappa shape index (κ3) is 2.17. The van der Waals surface area contributed by atoms with Crippen LogP contribution in [0.1, 0.15) is 5.56 Å². The summed E-state index contributed by atoms with van der Waals surface area (Å²) in [5.74, 6) is -0.891. The van der Waals surface area contributed by atoms with Crippen molar-refractivity contribution in [1.82, 2.24) is 9.72 Å². The fraction of sp³-hybridized carbons (Fsp3) is 0.250. The van der Waals surface area contributed by atoms with Gasteiger partial charge in [0.15, 0.2) is 5.82 Å². The van der Waals surface area contributed by atoms with Gasteiger partial charge in [0, 0.05) is 5.56 Å². The van der Waals surface area contributed by atoms with Crippen LogP contribution >= 0.6 is 0 Å². The van der Waals surface area contributed by atoms with E-state index >= 15 is 0 Å². The highest BCUT2D eigenvalue weighted by atomic mass is 16.5. The Kier molecular flexibility index (Phi) is 3.27. The van der Waals surface area contributed by atoms with Gasteiger partial charge < -0.3 is 4.74 Å². The Bertz CT molecular complexity index is 627. The molecule has 0 N–H and O–H groups in total. The molecule has 0 saturated carbocycles. The molecule has 94 valence electrons. The topological polar surface area (TPSA) is 74.3 Å². The quantitative estimate of drug-likeness (QED) is 0.757. The lowest BCUT2D eigenvalue weighted by Crippen LogP contribution is -2.22. The lowest BCUT2D eigenvalue weighted by molar-refractivity contribution is -0.141. The number of ether oxygens (including phenoxy) is 1. The van der Waals surface area contributed by atoms with E-state index in [0.717, 1.165) is 15.7 Å². The molecule has 1 aromatic heterocycles. The van der Waals surface area contributed by atoms with Crippen molar-refractivity contribution in [1.29, 1.82) is 0 Å². The largest absolute Gasteiger partial charge is 0.468 e. The van der Waals surface area contributed by atoms with Gasteiger partial charge in [-0.2, -0.15) is 0 Å².